The molecule has 138 valence electrons. The van der Waals surface area contributed by atoms with Crippen molar-refractivity contribution in [1.82, 2.24) is 9.88 Å². The molecule has 1 fully saturated rings. The van der Waals surface area contributed by atoms with Crippen molar-refractivity contribution in [2.24, 2.45) is 5.92 Å². The fraction of sp³-hybridized carbons (Fsp3) is 0.429. The number of rotatable bonds is 7. The fourth-order valence-electron chi connectivity index (χ4n) is 3.44. The molecule has 5 heteroatoms. The van der Waals surface area contributed by atoms with Crippen LogP contribution in [0.1, 0.15) is 18.4 Å². The van der Waals surface area contributed by atoms with E-state index in [1.165, 1.54) is 5.56 Å². The molecular formula is C21H26N2O3. The first-order valence-corrected chi connectivity index (χ1v) is 9.13. The van der Waals surface area contributed by atoms with Gasteiger partial charge in [-0.05, 0) is 24.1 Å². The molecule has 2 heterocycles. The third kappa shape index (κ3) is 5.05. The van der Waals surface area contributed by atoms with Gasteiger partial charge in [0.1, 0.15) is 11.9 Å². The first kappa shape index (κ1) is 18.4. The Labute approximate surface area is 155 Å². The number of aromatic nitrogens is 1. The second-order valence-electron chi connectivity index (χ2n) is 6.67. The van der Waals surface area contributed by atoms with E-state index >= 15 is 0 Å². The van der Waals surface area contributed by atoms with E-state index in [-0.39, 0.29) is 17.9 Å². The lowest BCUT2D eigenvalue weighted by Crippen LogP contribution is -2.48. The zero-order valence-electron chi connectivity index (χ0n) is 15.2. The lowest BCUT2D eigenvalue weighted by atomic mass is 9.88. The summed E-state index contributed by atoms with van der Waals surface area (Å²) >= 11 is 0. The average Bonchev–Trinajstić information content (AvgIpc) is 2.69. The van der Waals surface area contributed by atoms with E-state index in [1.54, 1.807) is 19.5 Å². The van der Waals surface area contributed by atoms with E-state index in [0.29, 0.717) is 19.6 Å². The molecule has 2 atom stereocenters. The van der Waals surface area contributed by atoms with Gasteiger partial charge in [-0.25, -0.2) is 0 Å². The molecule has 2 aromatic rings. The van der Waals surface area contributed by atoms with Crippen LogP contribution in [0.2, 0.25) is 0 Å². The smallest absolute Gasteiger partial charge is 0.224 e. The minimum atomic E-state index is 0.0749. The summed E-state index contributed by atoms with van der Waals surface area (Å²) in [5.41, 5.74) is 1.27. The Morgan fingerprint density at radius 3 is 2.81 bits per heavy atom. The molecule has 1 saturated heterocycles. The molecule has 0 radical (unpaired) electrons. The highest BCUT2D eigenvalue weighted by Gasteiger charge is 2.32. The maximum absolute atomic E-state index is 12.4. The summed E-state index contributed by atoms with van der Waals surface area (Å²) in [7, 11) is 1.62. The highest BCUT2D eigenvalue weighted by atomic mass is 16.5. The Morgan fingerprint density at radius 2 is 2.08 bits per heavy atom. The molecule has 1 amide bonds. The number of nitrogens with zero attached hydrogens (tertiary/aromatic N) is 2. The summed E-state index contributed by atoms with van der Waals surface area (Å²) in [6.45, 7) is 1.90. The van der Waals surface area contributed by atoms with Gasteiger partial charge in [0.25, 0.3) is 0 Å². The minimum Gasteiger partial charge on any atom is -0.488 e. The fourth-order valence-corrected chi connectivity index (χ4v) is 3.44. The van der Waals surface area contributed by atoms with Gasteiger partial charge in [-0.2, -0.15) is 0 Å². The topological polar surface area (TPSA) is 51.7 Å². The van der Waals surface area contributed by atoms with Crippen molar-refractivity contribution in [2.45, 2.75) is 25.4 Å². The number of carbonyl (C=O) groups is 1. The number of pyridine rings is 1. The molecule has 0 N–H and O–H groups in total. The van der Waals surface area contributed by atoms with Crippen LogP contribution in [-0.2, 0) is 16.0 Å². The number of carbonyl (C=O) groups excluding carboxylic acids is 1. The van der Waals surface area contributed by atoms with Crippen molar-refractivity contribution in [2.75, 3.05) is 26.8 Å². The van der Waals surface area contributed by atoms with E-state index in [1.807, 2.05) is 23.1 Å². The molecule has 3 rings (SSSR count). The predicted octanol–water partition coefficient (Wildman–Crippen LogP) is 2.96. The average molecular weight is 354 g/mol. The van der Waals surface area contributed by atoms with E-state index < -0.39 is 0 Å². The van der Waals surface area contributed by atoms with Crippen LogP contribution in [0.3, 0.4) is 0 Å². The van der Waals surface area contributed by atoms with Gasteiger partial charge in [0.15, 0.2) is 0 Å². The zero-order valence-corrected chi connectivity index (χ0v) is 15.2. The Kier molecular flexibility index (Phi) is 6.61. The monoisotopic (exact) mass is 354 g/mol. The molecule has 1 aliphatic heterocycles. The molecule has 26 heavy (non-hydrogen) atoms. The Hall–Kier alpha value is -2.40. The second kappa shape index (κ2) is 9.34. The normalized spacial score (nSPS) is 20.0. The summed E-state index contributed by atoms with van der Waals surface area (Å²) in [5, 5.41) is 0. The zero-order chi connectivity index (χ0) is 18.2. The van der Waals surface area contributed by atoms with Crippen molar-refractivity contribution in [3.05, 3.63) is 60.4 Å². The number of piperidine rings is 1. The summed E-state index contributed by atoms with van der Waals surface area (Å²) in [6.07, 6.45) is 5.71. The van der Waals surface area contributed by atoms with Gasteiger partial charge in [0.05, 0.1) is 19.2 Å². The maximum atomic E-state index is 12.4. The SMILES string of the molecule is COCCC(=O)N1CC[C@@H](Oc2cccnc2)[C@@H](Cc2ccccc2)C1. The van der Waals surface area contributed by atoms with E-state index in [9.17, 15) is 4.79 Å². The molecule has 0 saturated carbocycles. The van der Waals surface area contributed by atoms with Crippen molar-refractivity contribution < 1.29 is 14.3 Å². The van der Waals surface area contributed by atoms with Crippen LogP contribution >= 0.6 is 0 Å². The van der Waals surface area contributed by atoms with E-state index in [0.717, 1.165) is 25.1 Å². The van der Waals surface area contributed by atoms with Gasteiger partial charge in [-0.15, -0.1) is 0 Å². The number of amides is 1. The maximum Gasteiger partial charge on any atom is 0.224 e. The molecule has 0 unspecified atom stereocenters. The summed E-state index contributed by atoms with van der Waals surface area (Å²) in [6, 6.07) is 14.2. The molecule has 1 aliphatic rings. The largest absolute Gasteiger partial charge is 0.488 e. The predicted molar refractivity (Wildman–Crippen MR) is 100.0 cm³/mol. The lowest BCUT2D eigenvalue weighted by molar-refractivity contribution is -0.135. The number of methoxy groups -OCH3 is 1. The van der Waals surface area contributed by atoms with Crippen LogP contribution in [0, 0.1) is 5.92 Å². The molecule has 0 bridgehead atoms. The van der Waals surface area contributed by atoms with Crippen LogP contribution < -0.4 is 4.74 Å². The standard InChI is InChI=1S/C21H26N2O3/c1-25-13-10-21(24)23-12-9-20(26-19-8-5-11-22-15-19)18(16-23)14-17-6-3-2-4-7-17/h2-8,11,15,18,20H,9-10,12-14,16H2,1H3/t18-,20+/m0/s1. The van der Waals surface area contributed by atoms with E-state index in [2.05, 4.69) is 29.2 Å². The third-order valence-corrected chi connectivity index (χ3v) is 4.80. The highest BCUT2D eigenvalue weighted by Crippen LogP contribution is 2.26. The third-order valence-electron chi connectivity index (χ3n) is 4.80. The molecule has 0 spiro atoms. The lowest BCUT2D eigenvalue weighted by Gasteiger charge is -2.38. The van der Waals surface area contributed by atoms with Crippen LogP contribution in [0.5, 0.6) is 5.75 Å². The van der Waals surface area contributed by atoms with Crippen LogP contribution in [0.4, 0.5) is 0 Å². The highest BCUT2D eigenvalue weighted by molar-refractivity contribution is 5.76. The van der Waals surface area contributed by atoms with Gasteiger partial charge in [0.2, 0.25) is 5.91 Å². The van der Waals surface area contributed by atoms with Crippen molar-refractivity contribution in [1.29, 1.82) is 0 Å². The summed E-state index contributed by atoms with van der Waals surface area (Å²) in [4.78, 5) is 18.5. The number of hydrogen-bond donors (Lipinski definition) is 0. The van der Waals surface area contributed by atoms with Crippen molar-refractivity contribution >= 4 is 5.91 Å². The summed E-state index contributed by atoms with van der Waals surface area (Å²) < 4.78 is 11.3. The molecule has 1 aromatic heterocycles. The van der Waals surface area contributed by atoms with Crippen molar-refractivity contribution in [3.8, 4) is 5.75 Å². The molecular weight excluding hydrogens is 328 g/mol. The molecule has 0 aliphatic carbocycles. The Bertz CT molecular complexity index is 678. The van der Waals surface area contributed by atoms with Crippen molar-refractivity contribution in [3.63, 3.8) is 0 Å². The van der Waals surface area contributed by atoms with Crippen LogP contribution in [0.25, 0.3) is 0 Å². The van der Waals surface area contributed by atoms with Crippen LogP contribution in [-0.4, -0.2) is 48.7 Å². The van der Waals surface area contributed by atoms with Gasteiger partial charge in [-0.3, -0.25) is 9.78 Å². The van der Waals surface area contributed by atoms with Crippen LogP contribution in [0.15, 0.2) is 54.9 Å². The van der Waals surface area contributed by atoms with Gasteiger partial charge in [-0.1, -0.05) is 30.3 Å². The Balaban J connectivity index is 1.70. The first-order chi connectivity index (χ1) is 12.8. The molecule has 1 aromatic carbocycles. The van der Waals surface area contributed by atoms with E-state index in [4.69, 9.17) is 9.47 Å². The summed E-state index contributed by atoms with van der Waals surface area (Å²) in [5.74, 6) is 1.19. The van der Waals surface area contributed by atoms with Gasteiger partial charge >= 0.3 is 0 Å². The minimum absolute atomic E-state index is 0.0749. The quantitative estimate of drug-likeness (QED) is 0.767. The van der Waals surface area contributed by atoms with Gasteiger partial charge in [0, 0.05) is 38.7 Å². The number of hydrogen-bond acceptors (Lipinski definition) is 4. The van der Waals surface area contributed by atoms with Gasteiger partial charge < -0.3 is 14.4 Å². The number of benzene rings is 1. The second-order valence-corrected chi connectivity index (χ2v) is 6.67. The molecule has 5 nitrogen and oxygen atoms in total. The Morgan fingerprint density at radius 1 is 1.23 bits per heavy atom. The first-order valence-electron chi connectivity index (χ1n) is 9.13. The number of ether oxygens (including phenoxy) is 2. The number of likely N-dealkylation sites (tertiary alicyclic amines) is 1.